The summed E-state index contributed by atoms with van der Waals surface area (Å²) in [6.07, 6.45) is 1.53. The summed E-state index contributed by atoms with van der Waals surface area (Å²) >= 11 is 0. The topological polar surface area (TPSA) is 58.9 Å². The number of aromatic amines is 1. The zero-order chi connectivity index (χ0) is 11.5. The molecule has 82 valence electrons. The summed E-state index contributed by atoms with van der Waals surface area (Å²) in [7, 11) is 0. The Morgan fingerprint density at radius 1 is 1.31 bits per heavy atom. The highest BCUT2D eigenvalue weighted by molar-refractivity contribution is 5.66. The SMILES string of the molecule is NCc1c(-c2cccc(F)c2)cc[nH]c1=O. The van der Waals surface area contributed by atoms with E-state index in [1.807, 2.05) is 0 Å². The standard InChI is InChI=1S/C12H11FN2O/c13-9-3-1-2-8(6-9)10-4-5-15-12(16)11(10)7-14/h1-6H,7,14H2,(H,15,16). The van der Waals surface area contributed by atoms with Crippen molar-refractivity contribution >= 4 is 0 Å². The van der Waals surface area contributed by atoms with E-state index in [0.29, 0.717) is 16.7 Å². The van der Waals surface area contributed by atoms with E-state index in [0.717, 1.165) is 0 Å². The maximum atomic E-state index is 13.1. The van der Waals surface area contributed by atoms with Crippen molar-refractivity contribution in [1.29, 1.82) is 0 Å². The molecule has 0 bridgehead atoms. The fraction of sp³-hybridized carbons (Fsp3) is 0.0833. The Labute approximate surface area is 91.7 Å². The molecule has 0 aliphatic heterocycles. The van der Waals surface area contributed by atoms with Crippen LogP contribution in [0.4, 0.5) is 4.39 Å². The minimum atomic E-state index is -0.333. The Morgan fingerprint density at radius 2 is 2.12 bits per heavy atom. The Bertz CT molecular complexity index is 563. The third-order valence-electron chi connectivity index (χ3n) is 2.40. The lowest BCUT2D eigenvalue weighted by molar-refractivity contribution is 0.628. The molecule has 1 heterocycles. The summed E-state index contributed by atoms with van der Waals surface area (Å²) in [6.45, 7) is 0.127. The first kappa shape index (κ1) is 10.6. The number of benzene rings is 1. The van der Waals surface area contributed by atoms with Crippen LogP contribution in [0, 0.1) is 5.82 Å². The summed E-state index contributed by atoms with van der Waals surface area (Å²) in [5.74, 6) is -0.333. The van der Waals surface area contributed by atoms with E-state index >= 15 is 0 Å². The van der Waals surface area contributed by atoms with Crippen LogP contribution in [0.15, 0.2) is 41.3 Å². The van der Waals surface area contributed by atoms with Crippen molar-refractivity contribution in [3.05, 3.63) is 58.3 Å². The minimum Gasteiger partial charge on any atom is -0.329 e. The van der Waals surface area contributed by atoms with Gasteiger partial charge < -0.3 is 10.7 Å². The van der Waals surface area contributed by atoms with Gasteiger partial charge in [0.1, 0.15) is 5.82 Å². The van der Waals surface area contributed by atoms with Crippen LogP contribution in [0.5, 0.6) is 0 Å². The average molecular weight is 218 g/mol. The van der Waals surface area contributed by atoms with Crippen molar-refractivity contribution in [3.63, 3.8) is 0 Å². The molecule has 1 aromatic carbocycles. The molecular weight excluding hydrogens is 207 g/mol. The molecule has 0 aliphatic carbocycles. The molecule has 0 saturated heterocycles. The van der Waals surface area contributed by atoms with Gasteiger partial charge in [-0.15, -0.1) is 0 Å². The van der Waals surface area contributed by atoms with Crippen LogP contribution in [-0.2, 0) is 6.54 Å². The molecule has 3 N–H and O–H groups in total. The summed E-state index contributed by atoms with van der Waals surface area (Å²) in [4.78, 5) is 14.0. The Hall–Kier alpha value is -1.94. The van der Waals surface area contributed by atoms with Crippen LogP contribution in [0.3, 0.4) is 0 Å². The van der Waals surface area contributed by atoms with Gasteiger partial charge in [-0.2, -0.15) is 0 Å². The van der Waals surface area contributed by atoms with E-state index in [-0.39, 0.29) is 17.9 Å². The zero-order valence-corrected chi connectivity index (χ0v) is 8.53. The summed E-state index contributed by atoms with van der Waals surface area (Å²) in [5, 5.41) is 0. The number of nitrogens with two attached hydrogens (primary N) is 1. The lowest BCUT2D eigenvalue weighted by Crippen LogP contribution is -2.16. The number of pyridine rings is 1. The van der Waals surface area contributed by atoms with Gasteiger partial charge in [0.2, 0.25) is 0 Å². The maximum Gasteiger partial charge on any atom is 0.253 e. The van der Waals surface area contributed by atoms with Crippen LogP contribution >= 0.6 is 0 Å². The average Bonchev–Trinajstić information content (AvgIpc) is 2.28. The minimum absolute atomic E-state index is 0.127. The first-order chi connectivity index (χ1) is 7.72. The maximum absolute atomic E-state index is 13.1. The molecule has 0 radical (unpaired) electrons. The van der Waals surface area contributed by atoms with Crippen molar-refractivity contribution in [1.82, 2.24) is 4.98 Å². The molecule has 0 saturated carbocycles. The molecule has 4 heteroatoms. The molecule has 0 spiro atoms. The Morgan fingerprint density at radius 3 is 2.81 bits per heavy atom. The first-order valence-corrected chi connectivity index (χ1v) is 4.89. The zero-order valence-electron chi connectivity index (χ0n) is 8.53. The number of hydrogen-bond acceptors (Lipinski definition) is 2. The predicted octanol–water partition coefficient (Wildman–Crippen LogP) is 1.64. The van der Waals surface area contributed by atoms with Gasteiger partial charge in [-0.05, 0) is 29.3 Å². The van der Waals surface area contributed by atoms with Crippen molar-refractivity contribution < 1.29 is 4.39 Å². The van der Waals surface area contributed by atoms with Crippen molar-refractivity contribution in [2.45, 2.75) is 6.54 Å². The molecule has 0 aliphatic rings. The number of nitrogens with one attached hydrogen (secondary N) is 1. The Kier molecular flexibility index (Phi) is 2.83. The van der Waals surface area contributed by atoms with Gasteiger partial charge in [0.25, 0.3) is 5.56 Å². The monoisotopic (exact) mass is 218 g/mol. The predicted molar refractivity (Wildman–Crippen MR) is 60.3 cm³/mol. The molecule has 3 nitrogen and oxygen atoms in total. The highest BCUT2D eigenvalue weighted by Crippen LogP contribution is 2.21. The fourth-order valence-corrected chi connectivity index (χ4v) is 1.64. The van der Waals surface area contributed by atoms with Gasteiger partial charge in [0, 0.05) is 18.3 Å². The summed E-state index contributed by atoms with van der Waals surface area (Å²) in [5.41, 5.74) is 7.08. The smallest absolute Gasteiger partial charge is 0.253 e. The number of hydrogen-bond donors (Lipinski definition) is 2. The van der Waals surface area contributed by atoms with Crippen molar-refractivity contribution in [2.24, 2.45) is 5.73 Å². The van der Waals surface area contributed by atoms with Crippen molar-refractivity contribution in [2.75, 3.05) is 0 Å². The van der Waals surface area contributed by atoms with E-state index in [1.165, 1.54) is 18.3 Å². The van der Waals surface area contributed by atoms with Gasteiger partial charge in [-0.3, -0.25) is 4.79 Å². The Balaban J connectivity index is 2.64. The van der Waals surface area contributed by atoms with Crippen LogP contribution in [0.2, 0.25) is 0 Å². The normalized spacial score (nSPS) is 10.4. The van der Waals surface area contributed by atoms with E-state index in [9.17, 15) is 9.18 Å². The quantitative estimate of drug-likeness (QED) is 0.805. The van der Waals surface area contributed by atoms with Crippen LogP contribution in [0.25, 0.3) is 11.1 Å². The molecular formula is C12H11FN2O. The lowest BCUT2D eigenvalue weighted by atomic mass is 10.0. The number of aromatic nitrogens is 1. The third-order valence-corrected chi connectivity index (χ3v) is 2.40. The second-order valence-corrected chi connectivity index (χ2v) is 3.41. The first-order valence-electron chi connectivity index (χ1n) is 4.89. The lowest BCUT2D eigenvalue weighted by Gasteiger charge is -2.06. The second kappa shape index (κ2) is 4.28. The molecule has 2 aromatic rings. The van der Waals surface area contributed by atoms with Crippen molar-refractivity contribution in [3.8, 4) is 11.1 Å². The number of rotatable bonds is 2. The highest BCUT2D eigenvalue weighted by Gasteiger charge is 2.07. The summed E-state index contributed by atoms with van der Waals surface area (Å²) < 4.78 is 13.1. The van der Waals surface area contributed by atoms with Gasteiger partial charge in [0.05, 0.1) is 0 Å². The molecule has 0 atom stereocenters. The van der Waals surface area contributed by atoms with E-state index < -0.39 is 0 Å². The fourth-order valence-electron chi connectivity index (χ4n) is 1.64. The molecule has 0 amide bonds. The van der Waals surface area contributed by atoms with E-state index in [4.69, 9.17) is 5.73 Å². The van der Waals surface area contributed by atoms with Crippen LogP contribution in [-0.4, -0.2) is 4.98 Å². The van der Waals surface area contributed by atoms with Crippen LogP contribution < -0.4 is 11.3 Å². The van der Waals surface area contributed by atoms with Crippen LogP contribution in [0.1, 0.15) is 5.56 Å². The van der Waals surface area contributed by atoms with E-state index in [1.54, 1.807) is 18.2 Å². The second-order valence-electron chi connectivity index (χ2n) is 3.41. The van der Waals surface area contributed by atoms with Gasteiger partial charge >= 0.3 is 0 Å². The number of halogens is 1. The molecule has 2 rings (SSSR count). The third kappa shape index (κ3) is 1.87. The van der Waals surface area contributed by atoms with Gasteiger partial charge in [-0.25, -0.2) is 4.39 Å². The van der Waals surface area contributed by atoms with Gasteiger partial charge in [0.15, 0.2) is 0 Å². The molecule has 0 fully saturated rings. The van der Waals surface area contributed by atoms with Gasteiger partial charge in [-0.1, -0.05) is 12.1 Å². The summed E-state index contributed by atoms with van der Waals surface area (Å²) in [6, 6.07) is 7.81. The molecule has 1 aromatic heterocycles. The number of H-pyrrole nitrogens is 1. The molecule has 0 unspecified atom stereocenters. The highest BCUT2D eigenvalue weighted by atomic mass is 19.1. The van der Waals surface area contributed by atoms with E-state index in [2.05, 4.69) is 4.98 Å². The molecule has 16 heavy (non-hydrogen) atoms. The largest absolute Gasteiger partial charge is 0.329 e.